The molecule has 3 fully saturated rings. The van der Waals surface area contributed by atoms with Crippen molar-refractivity contribution in [1.29, 1.82) is 0 Å². The SMILES string of the molecule is CC[C@H]1OC(=O)[C@H](C)[C@@H](O[C@H]2C[C@@](C)(OC)[C@@H](O)[C@H](C)O2)[C@H](C)[C@@H](O[C@@H]2O[C@H](C)C[C@H](N(C)C)[C@H]2O)[C@](C)(O)C[C@@H](C)CN(C(=O)NC(C)c2cccc3ccccc23)[C@H](C)[C@@H](O)[C@]1(C)O. The monoisotopic (exact) mass is 932 g/mol. The third kappa shape index (κ3) is 11.7. The third-order valence-electron chi connectivity index (χ3n) is 14.8. The first-order chi connectivity index (χ1) is 30.8. The van der Waals surface area contributed by atoms with Crippen molar-refractivity contribution >= 4 is 22.8 Å². The molecule has 0 spiro atoms. The molecule has 2 amide bonds. The predicted octanol–water partition coefficient (Wildman–Crippen LogP) is 4.89. The summed E-state index contributed by atoms with van der Waals surface area (Å²) in [5, 5.41) is 65.3. The van der Waals surface area contributed by atoms with E-state index in [1.54, 1.807) is 48.5 Å². The molecule has 2 aromatic rings. The highest BCUT2D eigenvalue weighted by Crippen LogP contribution is 2.40. The summed E-state index contributed by atoms with van der Waals surface area (Å²) in [5.74, 6) is -3.22. The molecule has 0 bridgehead atoms. The van der Waals surface area contributed by atoms with Crippen molar-refractivity contribution in [3.63, 3.8) is 0 Å². The van der Waals surface area contributed by atoms with E-state index in [1.807, 2.05) is 82.2 Å². The number of hydrogen-bond acceptors (Lipinski definition) is 14. The molecule has 0 saturated carbocycles. The number of benzene rings is 2. The van der Waals surface area contributed by atoms with Crippen molar-refractivity contribution in [2.24, 2.45) is 17.8 Å². The van der Waals surface area contributed by atoms with E-state index in [9.17, 15) is 35.1 Å². The van der Waals surface area contributed by atoms with E-state index in [0.29, 0.717) is 6.42 Å². The fourth-order valence-electron chi connectivity index (χ4n) is 10.8. The van der Waals surface area contributed by atoms with Crippen molar-refractivity contribution in [2.75, 3.05) is 27.7 Å². The average molecular weight is 932 g/mol. The number of esters is 1. The molecule has 16 nitrogen and oxygen atoms in total. The Morgan fingerprint density at radius 1 is 0.939 bits per heavy atom. The number of amides is 2. The molecule has 66 heavy (non-hydrogen) atoms. The Bertz CT molecular complexity index is 1910. The van der Waals surface area contributed by atoms with Crippen LogP contribution in [-0.4, -0.2) is 165 Å². The van der Waals surface area contributed by atoms with Crippen LogP contribution in [0.2, 0.25) is 0 Å². The van der Waals surface area contributed by atoms with Crippen LogP contribution >= 0.6 is 0 Å². The summed E-state index contributed by atoms with van der Waals surface area (Å²) in [7, 11) is 5.22. The van der Waals surface area contributed by atoms with E-state index in [1.165, 1.54) is 18.9 Å². The van der Waals surface area contributed by atoms with E-state index >= 15 is 0 Å². The topological polar surface area (TPSA) is 209 Å². The lowest BCUT2D eigenvalue weighted by Crippen LogP contribution is -2.61. The zero-order valence-electron chi connectivity index (χ0n) is 41.7. The maximum Gasteiger partial charge on any atom is 0.318 e. The van der Waals surface area contributed by atoms with Crippen LogP contribution in [0.5, 0.6) is 0 Å². The zero-order valence-corrected chi connectivity index (χ0v) is 41.7. The highest BCUT2D eigenvalue weighted by atomic mass is 16.7. The maximum atomic E-state index is 14.7. The van der Waals surface area contributed by atoms with Crippen molar-refractivity contribution in [3.05, 3.63) is 48.0 Å². The first-order valence-electron chi connectivity index (χ1n) is 23.8. The number of urea groups is 1. The quantitative estimate of drug-likeness (QED) is 0.185. The second-order valence-electron chi connectivity index (χ2n) is 20.6. The number of ether oxygens (including phenoxy) is 6. The number of aliphatic hydroxyl groups excluding tert-OH is 3. The highest BCUT2D eigenvalue weighted by Gasteiger charge is 2.53. The van der Waals surface area contributed by atoms with E-state index in [0.717, 1.165) is 16.3 Å². The standard InChI is InChI=1S/C50H81N3O13/c1-15-38-50(11,60)42(55)32(7)53(47(58)51-31(6)35-22-18-20-34-19-16-17-21-36(34)35)26-27(2)24-48(9,59)44(66-46-40(54)37(52(12)13)23-28(3)62-46)29(4)41(30(5)45(57)64-38)65-39-25-49(10,61-14)43(56)33(8)63-39/h16-22,27-33,37-44,46,54-56,59-60H,15,23-26H2,1-14H3,(H,51,58)/t27-,28-,29+,30-,31?,32-,33+,37+,38-,39+,40-,41+,42-,43+,44-,46+,48-,49-,50-/m1/s1. The molecule has 3 heterocycles. The Balaban J connectivity index is 1.60. The Labute approximate surface area is 392 Å². The average Bonchev–Trinajstić information content (AvgIpc) is 3.26. The number of hydrogen-bond donors (Lipinski definition) is 6. The number of carbonyl (C=O) groups excluding carboxylic acids is 2. The molecule has 19 atom stereocenters. The number of cyclic esters (lactones) is 1. The fraction of sp³-hybridized carbons (Fsp3) is 0.760. The molecule has 16 heteroatoms. The number of likely N-dealkylation sites (N-methyl/N-ethyl adjacent to an activating group) is 1. The highest BCUT2D eigenvalue weighted by molar-refractivity contribution is 5.86. The lowest BCUT2D eigenvalue weighted by molar-refractivity contribution is -0.318. The predicted molar refractivity (Wildman–Crippen MR) is 249 cm³/mol. The normalized spacial score (nSPS) is 41.7. The summed E-state index contributed by atoms with van der Waals surface area (Å²) in [5.41, 5.74) is -3.99. The number of methoxy groups -OCH3 is 1. The van der Waals surface area contributed by atoms with Crippen LogP contribution in [0.4, 0.5) is 4.79 Å². The van der Waals surface area contributed by atoms with Crippen molar-refractivity contribution < 1.29 is 63.5 Å². The van der Waals surface area contributed by atoms with Crippen molar-refractivity contribution in [2.45, 2.75) is 198 Å². The molecule has 0 aromatic heterocycles. The molecule has 6 N–H and O–H groups in total. The third-order valence-corrected chi connectivity index (χ3v) is 14.8. The number of fused-ring (bicyclic) bond motifs is 1. The van der Waals surface area contributed by atoms with Gasteiger partial charge >= 0.3 is 12.0 Å². The van der Waals surface area contributed by atoms with Crippen LogP contribution in [0.1, 0.15) is 113 Å². The van der Waals surface area contributed by atoms with Gasteiger partial charge in [-0.05, 0) is 111 Å². The first kappa shape index (κ1) is 53.9. The van der Waals surface area contributed by atoms with Gasteiger partial charge in [-0.2, -0.15) is 0 Å². The minimum absolute atomic E-state index is 0.0145. The summed E-state index contributed by atoms with van der Waals surface area (Å²) in [4.78, 5) is 32.6. The van der Waals surface area contributed by atoms with Gasteiger partial charge in [0.05, 0.1) is 53.6 Å². The number of aliphatic hydroxyl groups is 5. The van der Waals surface area contributed by atoms with Gasteiger partial charge in [-0.3, -0.25) is 4.79 Å². The van der Waals surface area contributed by atoms with Gasteiger partial charge in [0, 0.05) is 32.0 Å². The van der Waals surface area contributed by atoms with Crippen LogP contribution in [0.15, 0.2) is 42.5 Å². The van der Waals surface area contributed by atoms with Gasteiger partial charge in [-0.15, -0.1) is 0 Å². The Kier molecular flexibility index (Phi) is 17.8. The molecule has 3 saturated heterocycles. The number of nitrogens with one attached hydrogen (secondary N) is 1. The van der Waals surface area contributed by atoms with Gasteiger partial charge in [0.2, 0.25) is 0 Å². The molecule has 374 valence electrons. The summed E-state index contributed by atoms with van der Waals surface area (Å²) in [6.45, 7) is 18.9. The summed E-state index contributed by atoms with van der Waals surface area (Å²) < 4.78 is 38.0. The lowest BCUT2D eigenvalue weighted by Gasteiger charge is -2.48. The second kappa shape index (κ2) is 21.7. The summed E-state index contributed by atoms with van der Waals surface area (Å²) in [6.07, 6.45) is -9.80. The van der Waals surface area contributed by atoms with Crippen LogP contribution in [0.25, 0.3) is 10.8 Å². The molecule has 3 aliphatic heterocycles. The Hall–Kier alpha value is -3.00. The summed E-state index contributed by atoms with van der Waals surface area (Å²) >= 11 is 0. The number of carbonyl (C=O) groups is 2. The van der Waals surface area contributed by atoms with E-state index in [-0.39, 0.29) is 38.0 Å². The maximum absolute atomic E-state index is 14.7. The molecule has 3 aliphatic rings. The smallest absolute Gasteiger partial charge is 0.318 e. The largest absolute Gasteiger partial charge is 0.459 e. The summed E-state index contributed by atoms with van der Waals surface area (Å²) in [6, 6.07) is 11.4. The fourth-order valence-corrected chi connectivity index (χ4v) is 10.8. The van der Waals surface area contributed by atoms with Gasteiger partial charge in [-0.1, -0.05) is 63.2 Å². The molecule has 0 aliphatic carbocycles. The van der Waals surface area contributed by atoms with E-state index in [2.05, 4.69) is 5.32 Å². The van der Waals surface area contributed by atoms with Crippen LogP contribution in [0, 0.1) is 17.8 Å². The van der Waals surface area contributed by atoms with Crippen LogP contribution in [-0.2, 0) is 33.2 Å². The van der Waals surface area contributed by atoms with E-state index in [4.69, 9.17) is 28.4 Å². The van der Waals surface area contributed by atoms with Gasteiger partial charge in [0.15, 0.2) is 12.6 Å². The Morgan fingerprint density at radius 3 is 2.23 bits per heavy atom. The van der Waals surface area contributed by atoms with E-state index < -0.39 is 114 Å². The van der Waals surface area contributed by atoms with Crippen LogP contribution in [0.3, 0.4) is 0 Å². The Morgan fingerprint density at radius 2 is 1.59 bits per heavy atom. The molecule has 2 aromatic carbocycles. The lowest BCUT2D eigenvalue weighted by atomic mass is 9.77. The zero-order chi connectivity index (χ0) is 49.2. The van der Waals surface area contributed by atoms with Gasteiger partial charge < -0.3 is 69.1 Å². The second-order valence-corrected chi connectivity index (χ2v) is 20.6. The van der Waals surface area contributed by atoms with Crippen molar-refractivity contribution in [1.82, 2.24) is 15.1 Å². The van der Waals surface area contributed by atoms with Crippen LogP contribution < -0.4 is 5.32 Å². The van der Waals surface area contributed by atoms with Gasteiger partial charge in [0.1, 0.15) is 30.0 Å². The molecule has 5 rings (SSSR count). The first-order valence-corrected chi connectivity index (χ1v) is 23.8. The molecule has 1 unspecified atom stereocenters. The molecular formula is C50H81N3O13. The minimum atomic E-state index is -2.06. The number of rotatable bonds is 9. The van der Waals surface area contributed by atoms with Crippen molar-refractivity contribution in [3.8, 4) is 0 Å². The van der Waals surface area contributed by atoms with Gasteiger partial charge in [0.25, 0.3) is 0 Å². The minimum Gasteiger partial charge on any atom is -0.459 e. The molecule has 0 radical (unpaired) electrons. The number of nitrogens with zero attached hydrogens (tertiary/aromatic N) is 2. The van der Waals surface area contributed by atoms with Gasteiger partial charge in [-0.25, -0.2) is 4.79 Å². The molecular weight excluding hydrogens is 851 g/mol.